The summed E-state index contributed by atoms with van der Waals surface area (Å²) < 4.78 is 39.0. The number of allylic oxidation sites excluding steroid dienone is 4. The third kappa shape index (κ3) is 6.14. The summed E-state index contributed by atoms with van der Waals surface area (Å²) in [5.41, 5.74) is -0.737. The summed E-state index contributed by atoms with van der Waals surface area (Å²) >= 11 is 0. The quantitative estimate of drug-likeness (QED) is 0.736. The van der Waals surface area contributed by atoms with E-state index < -0.39 is 17.6 Å². The van der Waals surface area contributed by atoms with Crippen LogP contribution >= 0.6 is 0 Å². The number of alkyl halides is 3. The zero-order valence-corrected chi connectivity index (χ0v) is 13.8. The molecule has 0 radical (unpaired) electrons. The highest BCUT2D eigenvalue weighted by Gasteiger charge is 2.35. The van der Waals surface area contributed by atoms with E-state index in [1.54, 1.807) is 25.2 Å². The Hall–Kier alpha value is -2.30. The molecule has 1 N–H and O–H groups in total. The number of rotatable bonds is 4. The van der Waals surface area contributed by atoms with Crippen LogP contribution in [-0.2, 0) is 6.18 Å². The second-order valence-electron chi connectivity index (χ2n) is 4.30. The van der Waals surface area contributed by atoms with E-state index in [-0.39, 0.29) is 11.1 Å². The van der Waals surface area contributed by atoms with Crippen LogP contribution in [0, 0.1) is 6.92 Å². The Bertz CT molecular complexity index is 599. The van der Waals surface area contributed by atoms with E-state index in [1.807, 2.05) is 13.8 Å². The van der Waals surface area contributed by atoms with Crippen molar-refractivity contribution in [2.75, 3.05) is 0 Å². The van der Waals surface area contributed by atoms with Gasteiger partial charge in [-0.15, -0.1) is 0 Å². The van der Waals surface area contributed by atoms with Crippen LogP contribution < -0.4 is 5.32 Å². The first-order valence-electron chi connectivity index (χ1n) is 7.24. The molecule has 0 atom stereocenters. The molecule has 1 amide bonds. The van der Waals surface area contributed by atoms with Gasteiger partial charge >= 0.3 is 6.18 Å². The summed E-state index contributed by atoms with van der Waals surface area (Å²) in [5.74, 6) is -0.809. The van der Waals surface area contributed by atoms with Gasteiger partial charge in [0.2, 0.25) is 0 Å². The maximum atomic E-state index is 13.0. The van der Waals surface area contributed by atoms with Gasteiger partial charge < -0.3 is 5.32 Å². The normalized spacial score (nSPS) is 11.7. The van der Waals surface area contributed by atoms with Crippen LogP contribution in [-0.4, -0.2) is 5.91 Å². The molecule has 0 bridgehead atoms. The minimum Gasteiger partial charge on any atom is -0.322 e. The van der Waals surface area contributed by atoms with Crippen molar-refractivity contribution >= 4 is 5.91 Å². The van der Waals surface area contributed by atoms with Crippen molar-refractivity contribution < 1.29 is 18.0 Å². The molecular formula is C18H22F3NO. The fourth-order valence-electron chi connectivity index (χ4n) is 1.76. The van der Waals surface area contributed by atoms with Crippen molar-refractivity contribution in [2.24, 2.45) is 0 Å². The highest BCUT2D eigenvalue weighted by molar-refractivity contribution is 5.98. The molecule has 1 aromatic rings. The number of amides is 1. The summed E-state index contributed by atoms with van der Waals surface area (Å²) in [6.45, 7) is 10.8. The van der Waals surface area contributed by atoms with Gasteiger partial charge in [-0.25, -0.2) is 0 Å². The molecule has 23 heavy (non-hydrogen) atoms. The Kier molecular flexibility index (Phi) is 8.70. The summed E-state index contributed by atoms with van der Waals surface area (Å²) in [7, 11) is 0. The smallest absolute Gasteiger partial charge is 0.322 e. The topological polar surface area (TPSA) is 29.1 Å². The first kappa shape index (κ1) is 20.7. The number of benzene rings is 1. The van der Waals surface area contributed by atoms with Crippen LogP contribution in [0.2, 0.25) is 0 Å². The molecule has 2 nitrogen and oxygen atoms in total. The third-order valence-electron chi connectivity index (χ3n) is 2.75. The van der Waals surface area contributed by atoms with E-state index in [1.165, 1.54) is 25.1 Å². The van der Waals surface area contributed by atoms with E-state index in [0.717, 1.165) is 6.07 Å². The fourth-order valence-corrected chi connectivity index (χ4v) is 1.76. The molecule has 5 heteroatoms. The summed E-state index contributed by atoms with van der Waals surface area (Å²) in [4.78, 5) is 12.1. The minimum absolute atomic E-state index is 0.261. The molecule has 0 spiro atoms. The molecule has 1 rings (SSSR count). The Labute approximate surface area is 135 Å². The SMILES string of the molecule is C=C/C(=C\C=C/C)NC(=O)c1c(C)cccc1C(F)(F)F.CC. The lowest BCUT2D eigenvalue weighted by molar-refractivity contribution is -0.138. The molecular weight excluding hydrogens is 303 g/mol. The van der Waals surface area contributed by atoms with Crippen molar-refractivity contribution in [2.45, 2.75) is 33.9 Å². The fraction of sp³-hybridized carbons (Fsp3) is 0.278. The predicted molar refractivity (Wildman–Crippen MR) is 88.1 cm³/mol. The van der Waals surface area contributed by atoms with Crippen LogP contribution in [0.5, 0.6) is 0 Å². The highest BCUT2D eigenvalue weighted by Crippen LogP contribution is 2.33. The Morgan fingerprint density at radius 2 is 1.87 bits per heavy atom. The number of hydrogen-bond donors (Lipinski definition) is 1. The molecule has 0 heterocycles. The van der Waals surface area contributed by atoms with Gasteiger partial charge in [0.05, 0.1) is 11.1 Å². The van der Waals surface area contributed by atoms with Gasteiger partial charge in [-0.2, -0.15) is 13.2 Å². The van der Waals surface area contributed by atoms with E-state index in [4.69, 9.17) is 0 Å². The minimum atomic E-state index is -4.58. The van der Waals surface area contributed by atoms with E-state index in [2.05, 4.69) is 11.9 Å². The first-order valence-corrected chi connectivity index (χ1v) is 7.24. The van der Waals surface area contributed by atoms with Crippen LogP contribution in [0.1, 0.15) is 42.3 Å². The molecule has 0 fully saturated rings. The Morgan fingerprint density at radius 3 is 2.35 bits per heavy atom. The zero-order valence-electron chi connectivity index (χ0n) is 13.8. The van der Waals surface area contributed by atoms with E-state index >= 15 is 0 Å². The van der Waals surface area contributed by atoms with Gasteiger partial charge in [0.15, 0.2) is 0 Å². The molecule has 0 aliphatic carbocycles. The van der Waals surface area contributed by atoms with Gasteiger partial charge in [0.25, 0.3) is 5.91 Å². The monoisotopic (exact) mass is 325 g/mol. The van der Waals surface area contributed by atoms with Crippen LogP contribution in [0.15, 0.2) is 54.8 Å². The van der Waals surface area contributed by atoms with Crippen LogP contribution in [0.3, 0.4) is 0 Å². The van der Waals surface area contributed by atoms with Crippen molar-refractivity contribution in [3.63, 3.8) is 0 Å². The number of nitrogens with one attached hydrogen (secondary N) is 1. The maximum Gasteiger partial charge on any atom is 0.417 e. The van der Waals surface area contributed by atoms with Crippen molar-refractivity contribution in [1.29, 1.82) is 0 Å². The summed E-state index contributed by atoms with van der Waals surface area (Å²) in [5, 5.41) is 2.42. The second-order valence-corrected chi connectivity index (χ2v) is 4.30. The standard InChI is InChI=1S/C16H16F3NO.C2H6/c1-4-6-9-12(5-2)20-15(21)14-11(3)8-7-10-13(14)16(17,18)19;1-2/h4-10H,2H2,1,3H3,(H,20,21);1-2H3/b6-4-,12-9+;. The average Bonchev–Trinajstić information content (AvgIpc) is 2.52. The number of hydrogen-bond acceptors (Lipinski definition) is 1. The van der Waals surface area contributed by atoms with Gasteiger partial charge in [-0.05, 0) is 37.6 Å². The summed E-state index contributed by atoms with van der Waals surface area (Å²) in [6.07, 6.45) is 1.71. The molecule has 0 saturated heterocycles. The highest BCUT2D eigenvalue weighted by atomic mass is 19.4. The largest absolute Gasteiger partial charge is 0.417 e. The molecule has 126 valence electrons. The second kappa shape index (κ2) is 9.66. The first-order chi connectivity index (χ1) is 10.8. The van der Waals surface area contributed by atoms with E-state index in [9.17, 15) is 18.0 Å². The molecule has 0 aliphatic heterocycles. The molecule has 0 aliphatic rings. The lowest BCUT2D eigenvalue weighted by atomic mass is 10.0. The Balaban J connectivity index is 0.00000232. The van der Waals surface area contributed by atoms with Crippen LogP contribution in [0.25, 0.3) is 0 Å². The number of halogens is 3. The molecule has 0 saturated carbocycles. The van der Waals surface area contributed by atoms with Gasteiger partial charge in [0, 0.05) is 5.70 Å². The predicted octanol–water partition coefficient (Wildman–Crippen LogP) is 5.42. The molecule has 0 aromatic heterocycles. The average molecular weight is 325 g/mol. The maximum absolute atomic E-state index is 13.0. The Morgan fingerprint density at radius 1 is 1.26 bits per heavy atom. The zero-order chi connectivity index (χ0) is 18.0. The number of carbonyl (C=O) groups excluding carboxylic acids is 1. The molecule has 1 aromatic carbocycles. The van der Waals surface area contributed by atoms with Gasteiger partial charge in [0.1, 0.15) is 0 Å². The van der Waals surface area contributed by atoms with Crippen molar-refractivity contribution in [3.8, 4) is 0 Å². The van der Waals surface area contributed by atoms with E-state index in [0.29, 0.717) is 5.70 Å². The number of aryl methyl sites for hydroxylation is 1. The lowest BCUT2D eigenvalue weighted by Gasteiger charge is -2.15. The molecule has 0 unspecified atom stereocenters. The number of carbonyl (C=O) groups is 1. The third-order valence-corrected chi connectivity index (χ3v) is 2.75. The summed E-state index contributed by atoms with van der Waals surface area (Å²) in [6, 6.07) is 3.64. The van der Waals surface area contributed by atoms with Crippen molar-refractivity contribution in [1.82, 2.24) is 5.32 Å². The van der Waals surface area contributed by atoms with Crippen molar-refractivity contribution in [3.05, 3.63) is 71.5 Å². The lowest BCUT2D eigenvalue weighted by Crippen LogP contribution is -2.26. The van der Waals surface area contributed by atoms with Crippen LogP contribution in [0.4, 0.5) is 13.2 Å². The van der Waals surface area contributed by atoms with Gasteiger partial charge in [-0.3, -0.25) is 4.79 Å². The van der Waals surface area contributed by atoms with Gasteiger partial charge in [-0.1, -0.05) is 44.7 Å².